The van der Waals surface area contributed by atoms with E-state index in [-0.39, 0.29) is 5.78 Å². The van der Waals surface area contributed by atoms with Gasteiger partial charge >= 0.3 is 0 Å². The van der Waals surface area contributed by atoms with Crippen LogP contribution in [0, 0.1) is 5.92 Å². The van der Waals surface area contributed by atoms with E-state index in [9.17, 15) is 4.79 Å². The molecule has 3 heteroatoms. The molecule has 0 aliphatic heterocycles. The molecular formula is C13H15NOS. The first-order chi connectivity index (χ1) is 7.56. The molecule has 0 radical (unpaired) electrons. The van der Waals surface area contributed by atoms with Crippen LogP contribution in [-0.4, -0.2) is 10.8 Å². The van der Waals surface area contributed by atoms with Crippen molar-refractivity contribution < 1.29 is 4.79 Å². The highest BCUT2D eigenvalue weighted by molar-refractivity contribution is 7.07. The first-order valence-electron chi connectivity index (χ1n) is 5.02. The molecule has 84 valence electrons. The Labute approximate surface area is 100 Å². The smallest absolute Gasteiger partial charge is 0.212 e. The Balaban J connectivity index is 2.95. The van der Waals surface area contributed by atoms with Crippen LogP contribution in [0.15, 0.2) is 47.3 Å². The number of carbonyl (C=O) groups is 1. The summed E-state index contributed by atoms with van der Waals surface area (Å²) in [5.74, 6) is 0.219. The van der Waals surface area contributed by atoms with Crippen molar-refractivity contribution in [1.29, 1.82) is 0 Å². The van der Waals surface area contributed by atoms with Crippen molar-refractivity contribution in [2.24, 2.45) is 5.92 Å². The third kappa shape index (κ3) is 3.00. The van der Waals surface area contributed by atoms with Crippen LogP contribution in [0.25, 0.3) is 0 Å². The number of hydrogen-bond acceptors (Lipinski definition) is 3. The summed E-state index contributed by atoms with van der Waals surface area (Å²) >= 11 is 1.41. The van der Waals surface area contributed by atoms with Crippen LogP contribution in [0.1, 0.15) is 24.3 Å². The van der Waals surface area contributed by atoms with Gasteiger partial charge in [0.05, 0.1) is 5.51 Å². The summed E-state index contributed by atoms with van der Waals surface area (Å²) in [5.41, 5.74) is 3.57. The van der Waals surface area contributed by atoms with Crippen molar-refractivity contribution in [3.63, 3.8) is 0 Å². The van der Waals surface area contributed by atoms with Gasteiger partial charge in [0.15, 0.2) is 0 Å². The lowest BCUT2D eigenvalue weighted by Crippen LogP contribution is -2.03. The van der Waals surface area contributed by atoms with Crippen LogP contribution in [0.2, 0.25) is 0 Å². The molecule has 0 bridgehead atoms. The minimum atomic E-state index is -0.0990. The fraction of sp³-hybridized carbons (Fsp3) is 0.231. The molecule has 1 rings (SSSR count). The molecular weight excluding hydrogens is 218 g/mol. The fourth-order valence-corrected chi connectivity index (χ4v) is 1.59. The van der Waals surface area contributed by atoms with Gasteiger partial charge in [-0.25, -0.2) is 4.98 Å². The number of ketones is 1. The standard InChI is InChI=1S/C13H15NOS/c1-5-11(6-10(4)9(2)3)13(15)12-7-16-8-14-12/h5-9H,1,4H2,2-3H3/b11-6+. The molecule has 1 aromatic heterocycles. The summed E-state index contributed by atoms with van der Waals surface area (Å²) in [7, 11) is 0. The summed E-state index contributed by atoms with van der Waals surface area (Å²) in [6, 6.07) is 0. The zero-order valence-electron chi connectivity index (χ0n) is 9.56. The van der Waals surface area contributed by atoms with E-state index in [2.05, 4.69) is 18.1 Å². The van der Waals surface area contributed by atoms with Crippen LogP contribution in [-0.2, 0) is 0 Å². The lowest BCUT2D eigenvalue weighted by atomic mass is 10.00. The van der Waals surface area contributed by atoms with Gasteiger partial charge in [0, 0.05) is 11.0 Å². The van der Waals surface area contributed by atoms with Crippen LogP contribution in [0.4, 0.5) is 0 Å². The Kier molecular flexibility index (Phi) is 4.38. The molecule has 0 aromatic carbocycles. The number of rotatable bonds is 5. The Morgan fingerprint density at radius 2 is 2.25 bits per heavy atom. The van der Waals surface area contributed by atoms with Crippen LogP contribution >= 0.6 is 11.3 Å². The van der Waals surface area contributed by atoms with Gasteiger partial charge in [0.25, 0.3) is 0 Å². The Morgan fingerprint density at radius 1 is 1.56 bits per heavy atom. The third-order valence-electron chi connectivity index (χ3n) is 2.23. The zero-order chi connectivity index (χ0) is 12.1. The molecule has 0 amide bonds. The third-order valence-corrected chi connectivity index (χ3v) is 2.82. The second-order valence-electron chi connectivity index (χ2n) is 3.74. The minimum Gasteiger partial charge on any atom is -0.287 e. The van der Waals surface area contributed by atoms with Crippen LogP contribution in [0.5, 0.6) is 0 Å². The van der Waals surface area contributed by atoms with E-state index in [1.807, 2.05) is 13.8 Å². The first-order valence-corrected chi connectivity index (χ1v) is 5.96. The number of Topliss-reactive ketones (excluding diaryl/α,β-unsaturated/α-hetero) is 1. The summed E-state index contributed by atoms with van der Waals surface area (Å²) in [6.07, 6.45) is 3.33. The Bertz CT molecular complexity index is 427. The second kappa shape index (κ2) is 5.56. The molecule has 0 spiro atoms. The zero-order valence-corrected chi connectivity index (χ0v) is 10.4. The Hall–Kier alpha value is -1.48. The van der Waals surface area contributed by atoms with Crippen molar-refractivity contribution in [2.45, 2.75) is 13.8 Å². The fourth-order valence-electron chi connectivity index (χ4n) is 1.06. The van der Waals surface area contributed by atoms with Gasteiger partial charge in [-0.2, -0.15) is 0 Å². The van der Waals surface area contributed by atoms with Gasteiger partial charge in [0.2, 0.25) is 5.78 Å². The largest absolute Gasteiger partial charge is 0.287 e. The maximum Gasteiger partial charge on any atom is 0.212 e. The molecule has 2 nitrogen and oxygen atoms in total. The van der Waals surface area contributed by atoms with E-state index >= 15 is 0 Å². The van der Waals surface area contributed by atoms with Crippen molar-refractivity contribution in [1.82, 2.24) is 4.98 Å². The SMILES string of the molecule is C=C/C(=C\C(=C)C(C)C)C(=O)c1cscn1. The van der Waals surface area contributed by atoms with Crippen LogP contribution in [0.3, 0.4) is 0 Å². The molecule has 0 atom stereocenters. The van der Waals surface area contributed by atoms with Gasteiger partial charge in [-0.3, -0.25) is 4.79 Å². The van der Waals surface area contributed by atoms with Crippen molar-refractivity contribution in [2.75, 3.05) is 0 Å². The van der Waals surface area contributed by atoms with Crippen molar-refractivity contribution in [3.8, 4) is 0 Å². The van der Waals surface area contributed by atoms with E-state index in [4.69, 9.17) is 0 Å². The maximum absolute atomic E-state index is 12.0. The van der Waals surface area contributed by atoms with Gasteiger partial charge in [-0.15, -0.1) is 11.3 Å². The first kappa shape index (κ1) is 12.6. The van der Waals surface area contributed by atoms with E-state index in [0.717, 1.165) is 5.57 Å². The topological polar surface area (TPSA) is 30.0 Å². The molecule has 0 aliphatic carbocycles. The molecule has 0 fully saturated rings. The van der Waals surface area contributed by atoms with E-state index < -0.39 is 0 Å². The summed E-state index contributed by atoms with van der Waals surface area (Å²) in [5, 5.41) is 1.73. The molecule has 0 N–H and O–H groups in total. The second-order valence-corrected chi connectivity index (χ2v) is 4.45. The number of hydrogen-bond donors (Lipinski definition) is 0. The highest BCUT2D eigenvalue weighted by Crippen LogP contribution is 2.15. The normalized spacial score (nSPS) is 11.6. The van der Waals surface area contributed by atoms with E-state index in [0.29, 0.717) is 17.2 Å². The van der Waals surface area contributed by atoms with E-state index in [1.165, 1.54) is 11.3 Å². The molecule has 0 saturated carbocycles. The quantitative estimate of drug-likeness (QED) is 0.441. The highest BCUT2D eigenvalue weighted by atomic mass is 32.1. The van der Waals surface area contributed by atoms with Crippen molar-refractivity contribution in [3.05, 3.63) is 53.0 Å². The Morgan fingerprint density at radius 3 is 2.69 bits per heavy atom. The lowest BCUT2D eigenvalue weighted by Gasteiger charge is -2.05. The van der Waals surface area contributed by atoms with Crippen molar-refractivity contribution >= 4 is 17.1 Å². The molecule has 0 saturated heterocycles. The number of thiazole rings is 1. The number of aromatic nitrogens is 1. The highest BCUT2D eigenvalue weighted by Gasteiger charge is 2.12. The molecule has 0 unspecified atom stereocenters. The van der Waals surface area contributed by atoms with Crippen LogP contribution < -0.4 is 0 Å². The summed E-state index contributed by atoms with van der Waals surface area (Å²) in [6.45, 7) is 11.6. The van der Waals surface area contributed by atoms with Gasteiger partial charge < -0.3 is 0 Å². The number of nitrogens with zero attached hydrogens (tertiary/aromatic N) is 1. The summed E-state index contributed by atoms with van der Waals surface area (Å²) in [4.78, 5) is 15.9. The molecule has 1 heterocycles. The maximum atomic E-state index is 12.0. The van der Waals surface area contributed by atoms with Gasteiger partial charge in [0.1, 0.15) is 5.69 Å². The lowest BCUT2D eigenvalue weighted by molar-refractivity contribution is 0.103. The van der Waals surface area contributed by atoms with Gasteiger partial charge in [-0.1, -0.05) is 38.7 Å². The average molecular weight is 233 g/mol. The monoisotopic (exact) mass is 233 g/mol. The van der Waals surface area contributed by atoms with Gasteiger partial charge in [-0.05, 0) is 12.0 Å². The predicted octanol–water partition coefficient (Wildman–Crippen LogP) is 3.65. The number of carbonyl (C=O) groups excluding carboxylic acids is 1. The average Bonchev–Trinajstić information content (AvgIpc) is 2.77. The van der Waals surface area contributed by atoms with E-state index in [1.54, 1.807) is 23.0 Å². The number of allylic oxidation sites excluding steroid dienone is 4. The molecule has 0 aliphatic rings. The predicted molar refractivity (Wildman–Crippen MR) is 68.7 cm³/mol. The molecule has 1 aromatic rings. The summed E-state index contributed by atoms with van der Waals surface area (Å²) < 4.78 is 0. The molecule has 16 heavy (non-hydrogen) atoms. The minimum absolute atomic E-state index is 0.0990.